The van der Waals surface area contributed by atoms with Crippen molar-refractivity contribution in [2.75, 3.05) is 48.9 Å². The van der Waals surface area contributed by atoms with Crippen LogP contribution in [-0.2, 0) is 25.3 Å². The van der Waals surface area contributed by atoms with Gasteiger partial charge in [0.2, 0.25) is 5.82 Å². The Bertz CT molecular complexity index is 2990. The van der Waals surface area contributed by atoms with E-state index >= 15 is 0 Å². The van der Waals surface area contributed by atoms with Crippen molar-refractivity contribution in [3.05, 3.63) is 106 Å². The Labute approximate surface area is 398 Å². The lowest BCUT2D eigenvalue weighted by atomic mass is 9.59. The molecule has 3 aromatic heterocycles. The summed E-state index contributed by atoms with van der Waals surface area (Å²) in [6.45, 7) is 7.84. The van der Waals surface area contributed by atoms with E-state index in [2.05, 4.69) is 77.3 Å². The van der Waals surface area contributed by atoms with Gasteiger partial charge in [-0.25, -0.2) is 27.5 Å². The standard InChI is InChI=1S/C50H61N9O7S2/c1-32(2)41-7-5-6-8-43(41)50-26-35(50)16-20-58(50)38-27-49(28-38)17-21-57(22-18-49)37-13-14-42(45(24-37)66-39-23-34-15-19-51-46(34)53-30-39)48(60)56-68(64,65)40-25-44(59(61)62)47(54-31-40)52-29-33-9-11-36(12-10-33)55-67(3,4)63/h5-8,13-15,19,23-25,30-33,35-36,38H,9-12,16-18,20-22,26-29H2,1-4H3,(H,51,53)(H,52,54)(H,56,60). The second kappa shape index (κ2) is 17.7. The van der Waals surface area contributed by atoms with Crippen molar-refractivity contribution < 1.29 is 27.1 Å². The summed E-state index contributed by atoms with van der Waals surface area (Å²) in [5.41, 5.74) is 4.47. The van der Waals surface area contributed by atoms with Crippen molar-refractivity contribution in [2.45, 2.75) is 106 Å². The van der Waals surface area contributed by atoms with Gasteiger partial charge in [0.25, 0.3) is 15.9 Å². The van der Waals surface area contributed by atoms with Gasteiger partial charge in [0.05, 0.1) is 28.9 Å². The van der Waals surface area contributed by atoms with E-state index in [1.165, 1.54) is 44.0 Å². The molecule has 5 fully saturated rings. The number of aromatic nitrogens is 3. The molecule has 1 spiro atoms. The third-order valence-electron chi connectivity index (χ3n) is 15.5. The normalized spacial score (nSPS) is 23.8. The lowest BCUT2D eigenvalue weighted by Gasteiger charge is -2.56. The number of hydrogen-bond donors (Lipinski definition) is 3. The number of fused-ring (bicyclic) bond motifs is 2. The number of rotatable bonds is 14. The average molecular weight is 964 g/mol. The summed E-state index contributed by atoms with van der Waals surface area (Å²) in [5.74, 6) is 0.883. The molecule has 2 atom stereocenters. The Hall–Kier alpha value is -5.59. The van der Waals surface area contributed by atoms with Gasteiger partial charge in [-0.2, -0.15) is 0 Å². The molecule has 0 bridgehead atoms. The highest BCUT2D eigenvalue weighted by molar-refractivity contribution is 7.92. The molecule has 3 aliphatic carbocycles. The molecular weight excluding hydrogens is 903 g/mol. The second-order valence-electron chi connectivity index (χ2n) is 20.5. The van der Waals surface area contributed by atoms with Crippen LogP contribution in [0.2, 0.25) is 0 Å². The number of anilines is 2. The molecular formula is C50H61N9O7S2. The van der Waals surface area contributed by atoms with Crippen molar-refractivity contribution in [1.29, 1.82) is 0 Å². The van der Waals surface area contributed by atoms with Gasteiger partial charge in [-0.05, 0) is 129 Å². The number of pyridine rings is 2. The number of ether oxygens (including phenoxy) is 1. The predicted octanol–water partition coefficient (Wildman–Crippen LogP) is 8.97. The zero-order chi connectivity index (χ0) is 47.6. The molecule has 16 nitrogen and oxygen atoms in total. The third-order valence-corrected chi connectivity index (χ3v) is 17.6. The summed E-state index contributed by atoms with van der Waals surface area (Å²) in [7, 11) is -6.85. The van der Waals surface area contributed by atoms with Crippen LogP contribution in [0.3, 0.4) is 0 Å². The number of likely N-dealkylation sites (tertiary alicyclic amines) is 1. The zero-order valence-corrected chi connectivity index (χ0v) is 40.8. The highest BCUT2D eigenvalue weighted by Crippen LogP contribution is 2.67. The lowest BCUT2D eigenvalue weighted by Crippen LogP contribution is -2.56. The number of carbonyl (C=O) groups is 1. The zero-order valence-electron chi connectivity index (χ0n) is 39.1. The number of amides is 1. The number of carbonyl (C=O) groups excluding carboxylic acids is 1. The fraction of sp³-hybridized carbons (Fsp3) is 0.500. The van der Waals surface area contributed by atoms with Crippen molar-refractivity contribution in [1.82, 2.24) is 24.6 Å². The van der Waals surface area contributed by atoms with Gasteiger partial charge in [-0.3, -0.25) is 24.0 Å². The van der Waals surface area contributed by atoms with Crippen LogP contribution in [-0.4, -0.2) is 94.1 Å². The molecule has 1 amide bonds. The molecule has 68 heavy (non-hydrogen) atoms. The molecule has 2 unspecified atom stereocenters. The van der Waals surface area contributed by atoms with Crippen LogP contribution in [0.25, 0.3) is 11.0 Å². The Kier molecular flexibility index (Phi) is 12.0. The van der Waals surface area contributed by atoms with Crippen molar-refractivity contribution in [3.8, 4) is 11.5 Å². The minimum absolute atomic E-state index is 0.0219. The molecule has 10 rings (SSSR count). The summed E-state index contributed by atoms with van der Waals surface area (Å²) < 4.78 is 52.6. The molecule has 3 N–H and O–H groups in total. The number of benzene rings is 2. The topological polar surface area (TPSA) is 205 Å². The van der Waals surface area contributed by atoms with Crippen molar-refractivity contribution in [3.63, 3.8) is 0 Å². The molecule has 2 aromatic carbocycles. The summed E-state index contributed by atoms with van der Waals surface area (Å²) in [6.07, 6.45) is 17.7. The maximum atomic E-state index is 14.0. The third kappa shape index (κ3) is 9.06. The van der Waals surface area contributed by atoms with Crippen LogP contribution in [0, 0.1) is 27.4 Å². The Morgan fingerprint density at radius 2 is 1.72 bits per heavy atom. The maximum Gasteiger partial charge on any atom is 0.312 e. The van der Waals surface area contributed by atoms with Crippen LogP contribution in [0.4, 0.5) is 17.2 Å². The van der Waals surface area contributed by atoms with Crippen molar-refractivity contribution >= 4 is 53.9 Å². The number of sulfonamides is 1. The summed E-state index contributed by atoms with van der Waals surface area (Å²) >= 11 is 0. The van der Waals surface area contributed by atoms with Crippen LogP contribution in [0.1, 0.15) is 105 Å². The Balaban J connectivity index is 0.826. The summed E-state index contributed by atoms with van der Waals surface area (Å²) in [4.78, 5) is 41.8. The van der Waals surface area contributed by atoms with Gasteiger partial charge in [-0.1, -0.05) is 38.1 Å². The lowest BCUT2D eigenvalue weighted by molar-refractivity contribution is -0.384. The Morgan fingerprint density at radius 1 is 0.956 bits per heavy atom. The Morgan fingerprint density at radius 3 is 2.44 bits per heavy atom. The molecule has 18 heteroatoms. The predicted molar refractivity (Wildman–Crippen MR) is 263 cm³/mol. The van der Waals surface area contributed by atoms with E-state index in [0.717, 1.165) is 80.9 Å². The van der Waals surface area contributed by atoms with Crippen LogP contribution in [0.15, 0.2) is 88.5 Å². The molecule has 3 saturated carbocycles. The first-order chi connectivity index (χ1) is 32.5. The van der Waals surface area contributed by atoms with E-state index < -0.39 is 41.2 Å². The van der Waals surface area contributed by atoms with E-state index in [9.17, 15) is 27.5 Å². The molecule has 360 valence electrons. The van der Waals surface area contributed by atoms with E-state index in [4.69, 9.17) is 4.74 Å². The molecule has 5 heterocycles. The number of hydrogen-bond acceptors (Lipinski definition) is 13. The first-order valence-electron chi connectivity index (χ1n) is 24.0. The number of nitrogens with zero attached hydrogens (tertiary/aromatic N) is 6. The highest BCUT2D eigenvalue weighted by atomic mass is 32.2. The minimum Gasteiger partial charge on any atom is -0.455 e. The average Bonchev–Trinajstić information content (AvgIpc) is 3.62. The fourth-order valence-electron chi connectivity index (χ4n) is 11.9. The van der Waals surface area contributed by atoms with Gasteiger partial charge in [0.1, 0.15) is 22.0 Å². The largest absolute Gasteiger partial charge is 0.455 e. The first-order valence-corrected chi connectivity index (χ1v) is 27.8. The quantitative estimate of drug-likeness (QED) is 0.0705. The number of aromatic amines is 1. The van der Waals surface area contributed by atoms with Crippen LogP contribution >= 0.6 is 0 Å². The second-order valence-corrected chi connectivity index (χ2v) is 24.8. The summed E-state index contributed by atoms with van der Waals surface area (Å²) in [5, 5.41) is 16.0. The van der Waals surface area contributed by atoms with E-state index in [1.54, 1.807) is 42.5 Å². The van der Waals surface area contributed by atoms with E-state index in [1.807, 2.05) is 12.1 Å². The number of piperidine rings is 2. The minimum atomic E-state index is -4.64. The number of H-pyrrole nitrogens is 1. The molecule has 5 aliphatic rings. The molecule has 5 aromatic rings. The smallest absolute Gasteiger partial charge is 0.312 e. The van der Waals surface area contributed by atoms with Gasteiger partial charge in [0.15, 0.2) is 0 Å². The van der Waals surface area contributed by atoms with E-state index in [0.29, 0.717) is 35.3 Å². The van der Waals surface area contributed by atoms with Crippen molar-refractivity contribution in [2.24, 2.45) is 21.6 Å². The highest BCUT2D eigenvalue weighted by Gasteiger charge is 2.66. The SMILES string of the molecule is CC(C)c1ccccc1C12CC1CCN2C1CC2(CCN(c3ccc(C(=O)NS(=O)(=O)c4cnc(NCC5CCC(N=S(C)(C)=O)CC5)c([N+](=O)[O-])c4)c(Oc4cnc5[nH]ccc5c4)c3)CC2)C1. The number of nitrogens with one attached hydrogen (secondary N) is 3. The fourth-order valence-corrected chi connectivity index (χ4v) is 13.8. The van der Waals surface area contributed by atoms with Gasteiger partial charge < -0.3 is 19.9 Å². The first kappa shape index (κ1) is 46.2. The van der Waals surface area contributed by atoms with E-state index in [-0.39, 0.29) is 34.6 Å². The molecule has 0 radical (unpaired) electrons. The van der Waals surface area contributed by atoms with Gasteiger partial charge >= 0.3 is 5.69 Å². The van der Waals surface area contributed by atoms with Gasteiger partial charge in [-0.15, -0.1) is 0 Å². The maximum absolute atomic E-state index is 14.0. The monoisotopic (exact) mass is 963 g/mol. The number of nitro groups is 1. The van der Waals surface area contributed by atoms with Crippen LogP contribution < -0.4 is 19.7 Å². The van der Waals surface area contributed by atoms with Gasteiger partial charge in [0, 0.05) is 82.9 Å². The summed E-state index contributed by atoms with van der Waals surface area (Å²) in [6, 6.07) is 19.4. The van der Waals surface area contributed by atoms with Crippen LogP contribution in [0.5, 0.6) is 11.5 Å². The molecule has 2 aliphatic heterocycles. The molecule has 2 saturated heterocycles.